The van der Waals surface area contributed by atoms with E-state index >= 15 is 0 Å². The lowest BCUT2D eigenvalue weighted by molar-refractivity contribution is 0.439. The van der Waals surface area contributed by atoms with Gasteiger partial charge in [-0.2, -0.15) is 0 Å². The molecule has 0 saturated carbocycles. The molecule has 2 heterocycles. The van der Waals surface area contributed by atoms with Crippen LogP contribution in [0.15, 0.2) is 58.3 Å². The Hall–Kier alpha value is -2.92. The Morgan fingerprint density at radius 1 is 1.12 bits per heavy atom. The Kier molecular flexibility index (Phi) is 3.43. The van der Waals surface area contributed by atoms with Gasteiger partial charge in [0.15, 0.2) is 0 Å². The van der Waals surface area contributed by atoms with Crippen molar-refractivity contribution in [3.8, 4) is 11.6 Å². The molecule has 1 aromatic heterocycles. The van der Waals surface area contributed by atoms with Gasteiger partial charge in [-0.25, -0.2) is 4.57 Å². The number of aromatic hydroxyl groups is 1. The van der Waals surface area contributed by atoms with Crippen molar-refractivity contribution in [2.45, 2.75) is 6.92 Å². The van der Waals surface area contributed by atoms with Crippen LogP contribution in [0.2, 0.25) is 0 Å². The summed E-state index contributed by atoms with van der Waals surface area (Å²) in [6.07, 6.45) is 3.57. The highest BCUT2D eigenvalue weighted by Crippen LogP contribution is 2.35. The van der Waals surface area contributed by atoms with E-state index in [0.717, 1.165) is 33.7 Å². The largest absolute Gasteiger partial charge is 0.493 e. The molecule has 0 unspecified atom stereocenters. The Bertz CT molecular complexity index is 1060. The van der Waals surface area contributed by atoms with E-state index in [4.69, 9.17) is 0 Å². The summed E-state index contributed by atoms with van der Waals surface area (Å²) in [4.78, 5) is 17.1. The lowest BCUT2D eigenvalue weighted by Crippen LogP contribution is -2.10. The van der Waals surface area contributed by atoms with Crippen molar-refractivity contribution in [2.24, 2.45) is 4.99 Å². The fourth-order valence-electron chi connectivity index (χ4n) is 2.80. The molecule has 118 valence electrons. The molecule has 4 rings (SSSR count). The van der Waals surface area contributed by atoms with Crippen LogP contribution < -0.4 is 4.87 Å². The molecule has 0 fully saturated rings. The molecular formula is C19H14N2O2S. The van der Waals surface area contributed by atoms with E-state index in [0.29, 0.717) is 10.6 Å². The summed E-state index contributed by atoms with van der Waals surface area (Å²) in [5.74, 6) is -0.0374. The molecule has 5 heteroatoms. The normalized spacial score (nSPS) is 14.3. The molecule has 0 spiro atoms. The van der Waals surface area contributed by atoms with Crippen LogP contribution in [0.1, 0.15) is 16.0 Å². The molecule has 0 amide bonds. The number of rotatable bonds is 2. The van der Waals surface area contributed by atoms with Crippen LogP contribution in [0.4, 0.5) is 5.69 Å². The zero-order valence-corrected chi connectivity index (χ0v) is 13.7. The number of allylic oxidation sites excluding steroid dienone is 1. The molecule has 2 aromatic carbocycles. The lowest BCUT2D eigenvalue weighted by Gasteiger charge is -2.06. The first-order valence-electron chi connectivity index (χ1n) is 7.51. The molecule has 0 radical (unpaired) electrons. The summed E-state index contributed by atoms with van der Waals surface area (Å²) >= 11 is 1.03. The fourth-order valence-corrected chi connectivity index (χ4v) is 3.63. The molecule has 3 aromatic rings. The first-order chi connectivity index (χ1) is 11.6. The molecular weight excluding hydrogens is 320 g/mol. The molecule has 0 atom stereocenters. The second-order valence-corrected chi connectivity index (χ2v) is 6.55. The van der Waals surface area contributed by atoms with E-state index in [-0.39, 0.29) is 10.8 Å². The van der Waals surface area contributed by atoms with Crippen LogP contribution in [-0.2, 0) is 0 Å². The van der Waals surface area contributed by atoms with Gasteiger partial charge in [-0.3, -0.25) is 9.79 Å². The van der Waals surface area contributed by atoms with Crippen LogP contribution in [0, 0.1) is 6.92 Å². The maximum absolute atomic E-state index is 12.4. The van der Waals surface area contributed by atoms with Gasteiger partial charge in [0.05, 0.1) is 16.3 Å². The number of thiazole rings is 1. The third-order valence-corrected chi connectivity index (χ3v) is 4.89. The minimum Gasteiger partial charge on any atom is -0.493 e. The van der Waals surface area contributed by atoms with E-state index in [1.807, 2.05) is 61.5 Å². The van der Waals surface area contributed by atoms with Gasteiger partial charge >= 0.3 is 4.87 Å². The highest BCUT2D eigenvalue weighted by molar-refractivity contribution is 7.10. The number of para-hydroxylation sites is 2. The van der Waals surface area contributed by atoms with Crippen LogP contribution in [0.5, 0.6) is 5.88 Å². The molecule has 0 bridgehead atoms. The average Bonchev–Trinajstić information content (AvgIpc) is 3.11. The summed E-state index contributed by atoms with van der Waals surface area (Å²) in [6, 6.07) is 15.3. The summed E-state index contributed by atoms with van der Waals surface area (Å²) in [6.45, 7) is 1.91. The quantitative estimate of drug-likeness (QED) is 0.765. The van der Waals surface area contributed by atoms with Gasteiger partial charge in [0.2, 0.25) is 5.88 Å². The zero-order chi connectivity index (χ0) is 16.7. The van der Waals surface area contributed by atoms with Crippen LogP contribution in [-0.4, -0.2) is 15.9 Å². The summed E-state index contributed by atoms with van der Waals surface area (Å²) in [5.41, 5.74) is 4.41. The molecule has 1 N–H and O–H groups in total. The third-order valence-electron chi connectivity index (χ3n) is 4.01. The third kappa shape index (κ3) is 2.30. The second-order valence-electron chi connectivity index (χ2n) is 5.55. The number of benzene rings is 2. The maximum atomic E-state index is 12.4. The lowest BCUT2D eigenvalue weighted by atomic mass is 10.1. The highest BCUT2D eigenvalue weighted by Gasteiger charge is 2.18. The van der Waals surface area contributed by atoms with Gasteiger partial charge in [0.25, 0.3) is 0 Å². The van der Waals surface area contributed by atoms with Crippen LogP contribution >= 0.6 is 11.3 Å². The van der Waals surface area contributed by atoms with Crippen molar-refractivity contribution in [2.75, 3.05) is 0 Å². The number of aryl methyl sites for hydroxylation is 1. The maximum Gasteiger partial charge on any atom is 0.315 e. The van der Waals surface area contributed by atoms with Gasteiger partial charge in [-0.1, -0.05) is 47.7 Å². The topological polar surface area (TPSA) is 54.6 Å². The fraction of sp³-hybridized carbons (Fsp3) is 0.0526. The summed E-state index contributed by atoms with van der Waals surface area (Å²) in [5, 5.41) is 10.6. The van der Waals surface area contributed by atoms with Crippen molar-refractivity contribution in [1.29, 1.82) is 0 Å². The smallest absolute Gasteiger partial charge is 0.315 e. The van der Waals surface area contributed by atoms with Crippen molar-refractivity contribution >= 4 is 34.9 Å². The highest BCUT2D eigenvalue weighted by atomic mass is 32.1. The minimum atomic E-state index is -0.211. The Morgan fingerprint density at radius 3 is 2.71 bits per heavy atom. The zero-order valence-electron chi connectivity index (χ0n) is 12.9. The van der Waals surface area contributed by atoms with Gasteiger partial charge in [0, 0.05) is 17.4 Å². The predicted molar refractivity (Wildman–Crippen MR) is 98.8 cm³/mol. The number of aliphatic imine (C=N–C) groups is 1. The monoisotopic (exact) mass is 334 g/mol. The number of nitrogens with zero attached hydrogens (tertiary/aromatic N) is 2. The second kappa shape index (κ2) is 5.62. The van der Waals surface area contributed by atoms with Gasteiger partial charge in [-0.15, -0.1) is 0 Å². The molecule has 0 saturated heterocycles. The van der Waals surface area contributed by atoms with Gasteiger partial charge < -0.3 is 5.11 Å². The standard InChI is InChI=1S/C19H14N2O2S/c1-12-6-2-5-9-16(12)21-18(22)17(24-19(21)23)10-13-11-20-15-8-4-3-7-14(13)15/h2-11,22H,1H3/b13-10+. The number of aromatic nitrogens is 1. The number of hydrogen-bond acceptors (Lipinski definition) is 4. The average molecular weight is 334 g/mol. The number of hydrogen-bond donors (Lipinski definition) is 1. The van der Waals surface area contributed by atoms with Crippen LogP contribution in [0.25, 0.3) is 17.3 Å². The first-order valence-corrected chi connectivity index (χ1v) is 8.33. The van der Waals surface area contributed by atoms with E-state index in [2.05, 4.69) is 4.99 Å². The van der Waals surface area contributed by atoms with Crippen molar-refractivity contribution in [3.63, 3.8) is 0 Å². The summed E-state index contributed by atoms with van der Waals surface area (Å²) in [7, 11) is 0. The summed E-state index contributed by atoms with van der Waals surface area (Å²) < 4.78 is 1.35. The molecule has 1 aliphatic rings. The van der Waals surface area contributed by atoms with E-state index in [1.165, 1.54) is 4.57 Å². The number of fused-ring (bicyclic) bond motifs is 1. The SMILES string of the molecule is Cc1ccccc1-n1c(O)c(/C=C2\C=Nc3ccccc32)sc1=O. The first kappa shape index (κ1) is 14.7. The van der Waals surface area contributed by atoms with E-state index in [9.17, 15) is 9.90 Å². The predicted octanol–water partition coefficient (Wildman–Crippen LogP) is 4.17. The van der Waals surface area contributed by atoms with Gasteiger partial charge in [-0.05, 0) is 30.7 Å². The van der Waals surface area contributed by atoms with Crippen LogP contribution in [0.3, 0.4) is 0 Å². The minimum absolute atomic E-state index is 0.0374. The van der Waals surface area contributed by atoms with Crippen molar-refractivity contribution in [1.82, 2.24) is 4.57 Å². The van der Waals surface area contributed by atoms with Crippen molar-refractivity contribution in [3.05, 3.63) is 74.2 Å². The van der Waals surface area contributed by atoms with E-state index < -0.39 is 0 Å². The Morgan fingerprint density at radius 2 is 1.88 bits per heavy atom. The Labute approximate surface area is 142 Å². The molecule has 4 nitrogen and oxygen atoms in total. The molecule has 0 aliphatic carbocycles. The Balaban J connectivity index is 1.84. The molecule has 1 aliphatic heterocycles. The molecule has 24 heavy (non-hydrogen) atoms. The van der Waals surface area contributed by atoms with E-state index in [1.54, 1.807) is 6.21 Å². The van der Waals surface area contributed by atoms with Crippen molar-refractivity contribution < 1.29 is 5.11 Å². The van der Waals surface area contributed by atoms with Gasteiger partial charge in [0.1, 0.15) is 0 Å².